The van der Waals surface area contributed by atoms with E-state index in [1.165, 1.54) is 180 Å². The number of aliphatic hydroxyl groups is 2. The molecule has 0 spiro atoms. The summed E-state index contributed by atoms with van der Waals surface area (Å²) in [7, 11) is 0. The van der Waals surface area contributed by atoms with Gasteiger partial charge in [-0.2, -0.15) is 0 Å². The number of carbonyl (C=O) groups is 4. The van der Waals surface area contributed by atoms with Crippen molar-refractivity contribution in [2.24, 2.45) is 0 Å². The summed E-state index contributed by atoms with van der Waals surface area (Å²) in [5.41, 5.74) is 0. The van der Waals surface area contributed by atoms with Crippen molar-refractivity contribution in [1.29, 1.82) is 0 Å². The van der Waals surface area contributed by atoms with Crippen LogP contribution >= 0.6 is 0 Å². The summed E-state index contributed by atoms with van der Waals surface area (Å²) >= 11 is 0. The van der Waals surface area contributed by atoms with Crippen LogP contribution in [-0.2, 0) is 42.9 Å². The van der Waals surface area contributed by atoms with E-state index in [0.29, 0.717) is 19.3 Å². The Kier molecular flexibility index (Phi) is 58.6. The highest BCUT2D eigenvalue weighted by atomic mass is 16.7. The summed E-state index contributed by atoms with van der Waals surface area (Å²) in [6, 6.07) is 0. The number of aliphatic hydroxyl groups excluding tert-OH is 2. The molecular formula is C75H132O12. The van der Waals surface area contributed by atoms with E-state index < -0.39 is 67.3 Å². The highest BCUT2D eigenvalue weighted by molar-refractivity contribution is 5.74. The van der Waals surface area contributed by atoms with E-state index in [-0.39, 0.29) is 25.9 Å². The maximum absolute atomic E-state index is 13.3. The molecule has 0 radical (unpaired) electrons. The van der Waals surface area contributed by atoms with Crippen LogP contribution in [0.3, 0.4) is 0 Å². The number of hydrogen-bond acceptors (Lipinski definition) is 11. The van der Waals surface area contributed by atoms with Gasteiger partial charge in [0.1, 0.15) is 18.8 Å². The van der Waals surface area contributed by atoms with Crippen molar-refractivity contribution >= 4 is 23.9 Å². The summed E-state index contributed by atoms with van der Waals surface area (Å²) in [6.45, 7) is 5.94. The fraction of sp³-hybridized carbons (Fsp3) is 0.813. The lowest BCUT2D eigenvalue weighted by Gasteiger charge is -2.40. The largest absolute Gasteiger partial charge is 0.479 e. The minimum absolute atomic E-state index is 0.0631. The number of hydrogen-bond donors (Lipinski definition) is 3. The Morgan fingerprint density at radius 3 is 1.11 bits per heavy atom. The minimum Gasteiger partial charge on any atom is -0.479 e. The molecule has 0 aromatic carbocycles. The maximum atomic E-state index is 13.3. The Balaban J connectivity index is 2.62. The number of carboxylic acids is 1. The third-order valence-electron chi connectivity index (χ3n) is 16.6. The van der Waals surface area contributed by atoms with Gasteiger partial charge in [-0.1, -0.05) is 300 Å². The number of esters is 3. The van der Waals surface area contributed by atoms with Gasteiger partial charge in [0.05, 0.1) is 6.61 Å². The van der Waals surface area contributed by atoms with Crippen molar-refractivity contribution in [3.8, 4) is 0 Å². The van der Waals surface area contributed by atoms with Crippen LogP contribution in [0.15, 0.2) is 60.8 Å². The molecule has 12 heteroatoms. The van der Waals surface area contributed by atoms with Gasteiger partial charge < -0.3 is 39.0 Å². The molecule has 87 heavy (non-hydrogen) atoms. The van der Waals surface area contributed by atoms with E-state index in [2.05, 4.69) is 81.5 Å². The normalized spacial score (nSPS) is 17.6. The molecule has 12 nitrogen and oxygen atoms in total. The predicted molar refractivity (Wildman–Crippen MR) is 359 cm³/mol. The van der Waals surface area contributed by atoms with E-state index >= 15 is 0 Å². The highest BCUT2D eigenvalue weighted by Gasteiger charge is 2.50. The van der Waals surface area contributed by atoms with Crippen molar-refractivity contribution in [2.75, 3.05) is 13.2 Å². The van der Waals surface area contributed by atoms with Crippen LogP contribution in [0.5, 0.6) is 0 Å². The van der Waals surface area contributed by atoms with E-state index in [1.54, 1.807) is 0 Å². The lowest BCUT2D eigenvalue weighted by atomic mass is 9.98. The van der Waals surface area contributed by atoms with Crippen molar-refractivity contribution in [2.45, 2.75) is 379 Å². The molecule has 0 amide bonds. The predicted octanol–water partition coefficient (Wildman–Crippen LogP) is 20.2. The first-order valence-corrected chi connectivity index (χ1v) is 36.3. The number of carbonyl (C=O) groups excluding carboxylic acids is 3. The second kappa shape index (κ2) is 62.6. The summed E-state index contributed by atoms with van der Waals surface area (Å²) < 4.78 is 28.7. The number of rotatable bonds is 63. The molecular weight excluding hydrogens is 1090 g/mol. The van der Waals surface area contributed by atoms with Crippen molar-refractivity contribution in [1.82, 2.24) is 0 Å². The van der Waals surface area contributed by atoms with Gasteiger partial charge >= 0.3 is 23.9 Å². The summed E-state index contributed by atoms with van der Waals surface area (Å²) in [6.07, 6.45) is 67.4. The van der Waals surface area contributed by atoms with Gasteiger partial charge in [0, 0.05) is 19.3 Å². The smallest absolute Gasteiger partial charge is 0.335 e. The van der Waals surface area contributed by atoms with Crippen molar-refractivity contribution < 1.29 is 58.2 Å². The molecule has 1 aliphatic rings. The Morgan fingerprint density at radius 1 is 0.391 bits per heavy atom. The number of allylic oxidation sites excluding steroid dienone is 10. The zero-order chi connectivity index (χ0) is 63.1. The van der Waals surface area contributed by atoms with Gasteiger partial charge in [-0.15, -0.1) is 0 Å². The molecule has 0 aliphatic carbocycles. The Morgan fingerprint density at radius 2 is 0.724 bits per heavy atom. The lowest BCUT2D eigenvalue weighted by molar-refractivity contribution is -0.301. The fourth-order valence-electron chi connectivity index (χ4n) is 11.1. The molecule has 1 aliphatic heterocycles. The molecule has 1 rings (SSSR count). The first-order valence-electron chi connectivity index (χ1n) is 36.3. The molecule has 0 aromatic heterocycles. The van der Waals surface area contributed by atoms with Gasteiger partial charge in [0.2, 0.25) is 0 Å². The average molecular weight is 1230 g/mol. The summed E-state index contributed by atoms with van der Waals surface area (Å²) in [4.78, 5) is 51.6. The first kappa shape index (κ1) is 81.4. The number of unbranched alkanes of at least 4 members (excludes halogenated alkanes) is 39. The SMILES string of the molecule is CC/C=C\C/C=C\C/C=C\C/C=C\CCCCCCCCC(=O)OCC(COC1OC(C(=O)O)C(O)C(O)C1OC(=O)CCCCCCCCCCCCCCCCCCCCC)OC(=O)CCCCCCCCCCC/C=C\CCCCCCCC. The van der Waals surface area contributed by atoms with Gasteiger partial charge in [-0.05, 0) is 83.5 Å². The van der Waals surface area contributed by atoms with Crippen LogP contribution in [0.4, 0.5) is 0 Å². The van der Waals surface area contributed by atoms with Crippen molar-refractivity contribution in [3.05, 3.63) is 60.8 Å². The van der Waals surface area contributed by atoms with Crippen LogP contribution in [0, 0.1) is 0 Å². The number of carboxylic acid groups (broad SMARTS) is 1. The Bertz CT molecular complexity index is 1740. The van der Waals surface area contributed by atoms with Crippen LogP contribution in [0.1, 0.15) is 342 Å². The number of aliphatic carboxylic acids is 1. The minimum atomic E-state index is -1.91. The molecule has 3 N–H and O–H groups in total. The third-order valence-corrected chi connectivity index (χ3v) is 16.6. The Labute approximate surface area is 532 Å². The van der Waals surface area contributed by atoms with Crippen LogP contribution in [0.2, 0.25) is 0 Å². The molecule has 6 atom stereocenters. The molecule has 1 heterocycles. The zero-order valence-electron chi connectivity index (χ0n) is 56.0. The second-order valence-electron chi connectivity index (χ2n) is 24.9. The standard InChI is InChI=1S/C75H132O12/c1-4-7-10-13-16-19-22-25-28-31-34-37-40-43-46-49-52-55-58-61-67(76)83-64-66(85-68(77)62-59-56-53-50-47-44-41-38-35-32-29-26-23-20-17-14-11-8-5-2)65-84-75-73(71(80)70(79)72(87-75)74(81)82)86-69(78)63-60-57-54-51-48-45-42-39-36-33-30-27-24-21-18-15-12-9-6-3/h7,10,16,19,25-26,28-29,34,37,66,70-73,75,79-80H,4-6,8-9,11-15,17-18,20-24,27,30-33,35-36,38-65H2,1-3H3,(H,81,82)/b10-7-,19-16-,28-25-,29-26-,37-34-. The Hall–Kier alpha value is -3.58. The maximum Gasteiger partial charge on any atom is 0.335 e. The summed E-state index contributed by atoms with van der Waals surface area (Å²) in [5, 5.41) is 31.7. The van der Waals surface area contributed by atoms with Crippen LogP contribution < -0.4 is 0 Å². The molecule has 0 aromatic rings. The fourth-order valence-corrected chi connectivity index (χ4v) is 11.1. The second-order valence-corrected chi connectivity index (χ2v) is 24.9. The quantitative estimate of drug-likeness (QED) is 0.0228. The topological polar surface area (TPSA) is 175 Å². The molecule has 504 valence electrons. The van der Waals surface area contributed by atoms with E-state index in [0.717, 1.165) is 103 Å². The molecule has 6 unspecified atom stereocenters. The molecule has 1 saturated heterocycles. The first-order chi connectivity index (χ1) is 42.6. The van der Waals surface area contributed by atoms with Gasteiger partial charge in [0.25, 0.3) is 0 Å². The third kappa shape index (κ3) is 51.8. The van der Waals surface area contributed by atoms with Crippen LogP contribution in [0.25, 0.3) is 0 Å². The van der Waals surface area contributed by atoms with Crippen molar-refractivity contribution in [3.63, 3.8) is 0 Å². The van der Waals surface area contributed by atoms with E-state index in [1.807, 2.05) is 0 Å². The monoisotopic (exact) mass is 1220 g/mol. The van der Waals surface area contributed by atoms with Crippen LogP contribution in [-0.4, -0.2) is 89.2 Å². The van der Waals surface area contributed by atoms with E-state index in [9.17, 15) is 34.5 Å². The van der Waals surface area contributed by atoms with Gasteiger partial charge in [-0.3, -0.25) is 14.4 Å². The zero-order valence-corrected chi connectivity index (χ0v) is 56.0. The number of ether oxygens (including phenoxy) is 5. The lowest BCUT2D eigenvalue weighted by Crippen LogP contribution is -2.61. The highest BCUT2D eigenvalue weighted by Crippen LogP contribution is 2.27. The van der Waals surface area contributed by atoms with Gasteiger partial charge in [-0.25, -0.2) is 4.79 Å². The molecule has 1 fully saturated rings. The molecule has 0 saturated carbocycles. The van der Waals surface area contributed by atoms with E-state index in [4.69, 9.17) is 23.7 Å². The average Bonchev–Trinajstić information content (AvgIpc) is 2.56. The molecule has 0 bridgehead atoms. The summed E-state index contributed by atoms with van der Waals surface area (Å²) in [5.74, 6) is -3.11. The van der Waals surface area contributed by atoms with Gasteiger partial charge in [0.15, 0.2) is 24.6 Å².